The monoisotopic (exact) mass is 734 g/mol. The molecule has 0 atom stereocenters. The van der Waals surface area contributed by atoms with E-state index in [1.165, 1.54) is 0 Å². The van der Waals surface area contributed by atoms with Gasteiger partial charge in [-0.05, 0) is 0 Å². The predicted octanol–water partition coefficient (Wildman–Crippen LogP) is 2.49. The van der Waals surface area contributed by atoms with Crippen LogP contribution in [0.25, 0.3) is 0 Å². The average Bonchev–Trinajstić information content (AvgIpc) is 3.11. The molecule has 0 amide bonds. The van der Waals surface area contributed by atoms with Gasteiger partial charge in [-0.2, -0.15) is 8.78 Å². The van der Waals surface area contributed by atoms with E-state index in [0.717, 1.165) is 0 Å². The van der Waals surface area contributed by atoms with Crippen molar-refractivity contribution in [3.63, 3.8) is 0 Å². The van der Waals surface area contributed by atoms with Gasteiger partial charge in [-0.25, -0.2) is 13.2 Å². The Morgan fingerprint density at radius 1 is 0.400 bits per heavy atom. The molecule has 0 unspecified atom stereocenters. The molecule has 288 valence electrons. The normalized spacial score (nSPS) is 11.3. The number of rotatable bonds is 35. The van der Waals surface area contributed by atoms with Crippen LogP contribution in [0.5, 0.6) is 5.75 Å². The van der Waals surface area contributed by atoms with Crippen LogP contribution in [0.2, 0.25) is 0 Å². The summed E-state index contributed by atoms with van der Waals surface area (Å²) in [4.78, 5) is 11.6. The zero-order valence-electron chi connectivity index (χ0n) is 28.0. The summed E-state index contributed by atoms with van der Waals surface area (Å²) in [6.45, 7) is 7.95. The zero-order chi connectivity index (χ0) is 36.5. The van der Waals surface area contributed by atoms with Crippen molar-refractivity contribution >= 4 is 5.97 Å². The molecule has 0 aliphatic heterocycles. The van der Waals surface area contributed by atoms with E-state index in [9.17, 15) is 26.7 Å². The molecule has 0 radical (unpaired) electrons. The van der Waals surface area contributed by atoms with Crippen molar-refractivity contribution in [1.29, 1.82) is 0 Å². The lowest BCUT2D eigenvalue weighted by Crippen LogP contribution is -2.16. The third-order valence-electron chi connectivity index (χ3n) is 5.74. The van der Waals surface area contributed by atoms with Crippen molar-refractivity contribution < 1.29 is 83.6 Å². The van der Waals surface area contributed by atoms with Crippen LogP contribution in [0, 0.1) is 41.4 Å². The molecule has 0 saturated carbocycles. The van der Waals surface area contributed by atoms with Gasteiger partial charge in [-0.15, -0.1) is 6.42 Å². The summed E-state index contributed by atoms with van der Waals surface area (Å²) in [5.41, 5.74) is 0. The number of carbonyl (C=O) groups excluding carboxylic acids is 1. The van der Waals surface area contributed by atoms with Crippen LogP contribution in [-0.2, 0) is 56.9 Å². The molecule has 0 fully saturated rings. The predicted molar refractivity (Wildman–Crippen MR) is 164 cm³/mol. The molecule has 0 bridgehead atoms. The van der Waals surface area contributed by atoms with Crippen LogP contribution in [0.3, 0.4) is 0 Å². The highest BCUT2D eigenvalue weighted by molar-refractivity contribution is 5.72. The molecule has 0 aliphatic rings. The molecule has 0 saturated heterocycles. The van der Waals surface area contributed by atoms with Gasteiger partial charge in [0.2, 0.25) is 34.8 Å². The van der Waals surface area contributed by atoms with E-state index < -0.39 is 47.2 Å². The molecule has 1 aromatic rings. The van der Waals surface area contributed by atoms with Gasteiger partial charge in [0.25, 0.3) is 0 Å². The first kappa shape index (κ1) is 45.5. The Kier molecular flexibility index (Phi) is 29.4. The van der Waals surface area contributed by atoms with Crippen molar-refractivity contribution in [1.82, 2.24) is 0 Å². The lowest BCUT2D eigenvalue weighted by molar-refractivity contribution is -0.136. The van der Waals surface area contributed by atoms with Crippen LogP contribution >= 0.6 is 0 Å². The molecule has 0 heterocycles. The minimum absolute atomic E-state index is 0.0787. The second-order valence-electron chi connectivity index (χ2n) is 9.50. The topological polar surface area (TPSA) is 128 Å². The summed E-state index contributed by atoms with van der Waals surface area (Å²) in [6, 6.07) is 0. The largest absolute Gasteiger partial charge is 0.420 e. The van der Waals surface area contributed by atoms with Crippen LogP contribution in [0.15, 0.2) is 0 Å². The van der Waals surface area contributed by atoms with Gasteiger partial charge < -0.3 is 56.8 Å². The quantitative estimate of drug-likeness (QED) is 0.0193. The number of hydrogen-bond acceptors (Lipinski definition) is 13. The van der Waals surface area contributed by atoms with Gasteiger partial charge in [-0.1, -0.05) is 5.92 Å². The Morgan fingerprint density at radius 3 is 0.920 bits per heavy atom. The van der Waals surface area contributed by atoms with Gasteiger partial charge in [0, 0.05) is 0 Å². The Bertz CT molecular complexity index is 1020. The van der Waals surface area contributed by atoms with Crippen molar-refractivity contribution in [2.24, 2.45) is 0 Å². The number of carbonyl (C=O) groups is 1. The van der Waals surface area contributed by atoms with Gasteiger partial charge in [-0.3, -0.25) is 4.79 Å². The third-order valence-corrected chi connectivity index (χ3v) is 5.74. The van der Waals surface area contributed by atoms with Gasteiger partial charge in [0.05, 0.1) is 145 Å². The molecule has 0 N–H and O–H groups in total. The van der Waals surface area contributed by atoms with E-state index in [2.05, 4.69) is 10.7 Å². The Balaban J connectivity index is 1.74. The fourth-order valence-corrected chi connectivity index (χ4v) is 3.32. The lowest BCUT2D eigenvalue weighted by atomic mass is 10.2. The number of halogens is 5. The van der Waals surface area contributed by atoms with E-state index in [4.69, 9.17) is 58.5 Å². The maximum absolute atomic E-state index is 13.5. The molecular formula is C32H47F5O13. The van der Waals surface area contributed by atoms with E-state index in [0.29, 0.717) is 112 Å². The number of benzene rings is 1. The SMILES string of the molecule is C#CCOCCOCCOCCOCCOCCOCCOCCOCCOCCOCCOCCC(=O)Oc1c(F)c(F)c(F)c(F)c1F. The maximum Gasteiger partial charge on any atom is 0.313 e. The van der Waals surface area contributed by atoms with Crippen molar-refractivity contribution in [2.45, 2.75) is 6.42 Å². The zero-order valence-corrected chi connectivity index (χ0v) is 28.0. The standard InChI is InChI=1S/C32H47F5O13/c1-2-4-39-6-8-41-10-12-43-14-16-45-18-20-47-22-24-49-25-23-48-21-19-46-17-15-44-13-11-42-9-7-40-5-3-26(38)50-32-30(36)28(34)27(33)29(35)31(32)37/h1H,3-25H2. The molecule has 1 aromatic carbocycles. The Morgan fingerprint density at radius 2 is 0.640 bits per heavy atom. The second kappa shape index (κ2) is 32.4. The molecule has 18 heteroatoms. The Labute approximate surface area is 288 Å². The van der Waals surface area contributed by atoms with E-state index in [1.807, 2.05) is 0 Å². The number of terminal acetylenes is 1. The smallest absolute Gasteiger partial charge is 0.313 e. The van der Waals surface area contributed by atoms with Gasteiger partial charge in [0.15, 0.2) is 0 Å². The average molecular weight is 735 g/mol. The number of hydrogen-bond donors (Lipinski definition) is 0. The fraction of sp³-hybridized carbons (Fsp3) is 0.719. The van der Waals surface area contributed by atoms with Gasteiger partial charge in [0.1, 0.15) is 6.61 Å². The van der Waals surface area contributed by atoms with Crippen LogP contribution in [0.1, 0.15) is 6.42 Å². The van der Waals surface area contributed by atoms with Crippen molar-refractivity contribution in [3.8, 4) is 18.1 Å². The lowest BCUT2D eigenvalue weighted by Gasteiger charge is -2.09. The van der Waals surface area contributed by atoms with Crippen LogP contribution in [-0.4, -0.2) is 151 Å². The third kappa shape index (κ3) is 23.8. The molecule has 1 rings (SSSR count). The summed E-state index contributed by atoms with van der Waals surface area (Å²) >= 11 is 0. The molecular weight excluding hydrogens is 687 g/mol. The molecule has 0 spiro atoms. The molecule has 0 aliphatic carbocycles. The highest BCUT2D eigenvalue weighted by atomic mass is 19.2. The summed E-state index contributed by atoms with van der Waals surface area (Å²) in [5, 5.41) is 0. The van der Waals surface area contributed by atoms with Crippen molar-refractivity contribution in [3.05, 3.63) is 29.1 Å². The highest BCUT2D eigenvalue weighted by Gasteiger charge is 2.28. The second-order valence-corrected chi connectivity index (χ2v) is 9.50. The Hall–Kier alpha value is -2.54. The number of ether oxygens (including phenoxy) is 12. The number of esters is 1. The molecule has 0 aromatic heterocycles. The first-order valence-electron chi connectivity index (χ1n) is 15.9. The van der Waals surface area contributed by atoms with E-state index >= 15 is 0 Å². The van der Waals surface area contributed by atoms with Gasteiger partial charge >= 0.3 is 5.97 Å². The summed E-state index contributed by atoms with van der Waals surface area (Å²) < 4.78 is 129. The maximum atomic E-state index is 13.5. The van der Waals surface area contributed by atoms with E-state index in [1.54, 1.807) is 0 Å². The van der Waals surface area contributed by atoms with Crippen LogP contribution < -0.4 is 4.74 Å². The highest BCUT2D eigenvalue weighted by Crippen LogP contribution is 2.29. The summed E-state index contributed by atoms with van der Waals surface area (Å²) in [7, 11) is 0. The summed E-state index contributed by atoms with van der Waals surface area (Å²) in [6.07, 6.45) is 4.58. The van der Waals surface area contributed by atoms with Crippen molar-refractivity contribution in [2.75, 3.05) is 145 Å². The first-order valence-corrected chi connectivity index (χ1v) is 15.9. The molecule has 13 nitrogen and oxygen atoms in total. The molecule has 50 heavy (non-hydrogen) atoms. The van der Waals surface area contributed by atoms with E-state index in [-0.39, 0.29) is 33.0 Å². The minimum atomic E-state index is -2.35. The summed E-state index contributed by atoms with van der Waals surface area (Å²) in [5.74, 6) is -11.8. The minimum Gasteiger partial charge on any atom is -0.420 e. The fourth-order valence-electron chi connectivity index (χ4n) is 3.32. The van der Waals surface area contributed by atoms with Crippen LogP contribution in [0.4, 0.5) is 22.0 Å². The first-order chi connectivity index (χ1) is 24.4.